The van der Waals surface area contributed by atoms with Crippen molar-refractivity contribution in [2.75, 3.05) is 27.3 Å². The first-order chi connectivity index (χ1) is 14.1. The topological polar surface area (TPSA) is 89.6 Å². The number of H-pyrrole nitrogens is 1. The number of likely N-dealkylation sites (tertiary alicyclic amines) is 1. The van der Waals surface area contributed by atoms with Crippen LogP contribution in [0.4, 0.5) is 0 Å². The fraction of sp³-hybridized carbons (Fsp3) is 0.286. The number of carbonyl (C=O) groups is 1. The molecule has 0 spiro atoms. The van der Waals surface area contributed by atoms with E-state index in [1.807, 2.05) is 37.3 Å². The van der Waals surface area contributed by atoms with Crippen LogP contribution in [0, 0.1) is 6.92 Å². The standard InChI is InChI=1S/C21H22N4O4/c1-13-5-4-6-20(22-13)29-15-11-25(12-15)21(26)18-10-17(23-24-18)16-9-14(27-2)7-8-19(16)28-3/h4-10,15H,11-12H2,1-3H3,(H,23,24). The molecule has 1 aromatic carbocycles. The Labute approximate surface area is 168 Å². The molecule has 29 heavy (non-hydrogen) atoms. The normalized spacial score (nSPS) is 13.7. The number of aromatic amines is 1. The van der Waals surface area contributed by atoms with Crippen molar-refractivity contribution >= 4 is 5.91 Å². The van der Waals surface area contributed by atoms with Crippen LogP contribution in [-0.4, -0.2) is 59.4 Å². The van der Waals surface area contributed by atoms with Crippen molar-refractivity contribution in [1.29, 1.82) is 0 Å². The van der Waals surface area contributed by atoms with Gasteiger partial charge in [-0.05, 0) is 37.3 Å². The van der Waals surface area contributed by atoms with Crippen molar-refractivity contribution in [1.82, 2.24) is 20.1 Å². The average Bonchev–Trinajstić information content (AvgIpc) is 3.19. The second kappa shape index (κ2) is 7.83. The third kappa shape index (κ3) is 3.87. The lowest BCUT2D eigenvalue weighted by Gasteiger charge is -2.38. The highest BCUT2D eigenvalue weighted by Gasteiger charge is 2.34. The van der Waals surface area contributed by atoms with Crippen LogP contribution in [0.15, 0.2) is 42.5 Å². The summed E-state index contributed by atoms with van der Waals surface area (Å²) in [4.78, 5) is 18.8. The monoisotopic (exact) mass is 394 g/mol. The van der Waals surface area contributed by atoms with Crippen molar-refractivity contribution in [3.8, 4) is 28.6 Å². The lowest BCUT2D eigenvalue weighted by Crippen LogP contribution is -2.56. The van der Waals surface area contributed by atoms with Crippen LogP contribution in [0.1, 0.15) is 16.2 Å². The molecule has 3 aromatic rings. The maximum absolute atomic E-state index is 12.7. The minimum absolute atomic E-state index is 0.0610. The number of carbonyl (C=O) groups excluding carboxylic acids is 1. The number of rotatable bonds is 6. The molecule has 8 heteroatoms. The Balaban J connectivity index is 1.42. The van der Waals surface area contributed by atoms with Gasteiger partial charge in [0, 0.05) is 17.3 Å². The molecule has 0 radical (unpaired) electrons. The molecule has 0 atom stereocenters. The fourth-order valence-corrected chi connectivity index (χ4v) is 3.19. The number of pyridine rings is 1. The Hall–Kier alpha value is -3.55. The Morgan fingerprint density at radius 2 is 1.97 bits per heavy atom. The van der Waals surface area contributed by atoms with E-state index < -0.39 is 0 Å². The number of benzene rings is 1. The molecular weight excluding hydrogens is 372 g/mol. The molecule has 1 amide bonds. The van der Waals surface area contributed by atoms with Crippen LogP contribution in [-0.2, 0) is 0 Å². The summed E-state index contributed by atoms with van der Waals surface area (Å²) in [6.45, 7) is 2.92. The number of nitrogens with one attached hydrogen (secondary N) is 1. The summed E-state index contributed by atoms with van der Waals surface area (Å²) in [7, 11) is 3.19. The summed E-state index contributed by atoms with van der Waals surface area (Å²) in [6.07, 6.45) is -0.0610. The molecule has 0 aliphatic carbocycles. The highest BCUT2D eigenvalue weighted by atomic mass is 16.5. The zero-order valence-corrected chi connectivity index (χ0v) is 16.5. The maximum Gasteiger partial charge on any atom is 0.272 e. The number of hydrogen-bond acceptors (Lipinski definition) is 6. The number of aromatic nitrogens is 3. The summed E-state index contributed by atoms with van der Waals surface area (Å²) < 4.78 is 16.5. The lowest BCUT2D eigenvalue weighted by molar-refractivity contribution is 0.0155. The van der Waals surface area contributed by atoms with Crippen molar-refractivity contribution in [2.45, 2.75) is 13.0 Å². The molecule has 1 fully saturated rings. The molecule has 1 saturated heterocycles. The van der Waals surface area contributed by atoms with Crippen molar-refractivity contribution in [3.05, 3.63) is 53.9 Å². The molecule has 2 aromatic heterocycles. The van der Waals surface area contributed by atoms with Crippen molar-refractivity contribution < 1.29 is 19.0 Å². The molecule has 0 bridgehead atoms. The Morgan fingerprint density at radius 3 is 2.69 bits per heavy atom. The van der Waals surface area contributed by atoms with E-state index in [1.165, 1.54) is 0 Å². The zero-order valence-electron chi connectivity index (χ0n) is 16.5. The predicted molar refractivity (Wildman–Crippen MR) is 106 cm³/mol. The van der Waals surface area contributed by atoms with Gasteiger partial charge in [0.2, 0.25) is 5.88 Å². The highest BCUT2D eigenvalue weighted by Crippen LogP contribution is 2.32. The van der Waals surface area contributed by atoms with Gasteiger partial charge < -0.3 is 19.1 Å². The molecule has 1 aliphatic heterocycles. The van der Waals surface area contributed by atoms with Gasteiger partial charge in [-0.25, -0.2) is 4.98 Å². The molecule has 0 saturated carbocycles. The second-order valence-corrected chi connectivity index (χ2v) is 6.80. The third-order valence-corrected chi connectivity index (χ3v) is 4.78. The molecule has 0 unspecified atom stereocenters. The third-order valence-electron chi connectivity index (χ3n) is 4.78. The Kier molecular flexibility index (Phi) is 5.07. The minimum Gasteiger partial charge on any atom is -0.497 e. The molecular formula is C21H22N4O4. The number of hydrogen-bond donors (Lipinski definition) is 1. The van der Waals surface area contributed by atoms with Gasteiger partial charge in [-0.15, -0.1) is 0 Å². The van der Waals surface area contributed by atoms with E-state index in [1.54, 1.807) is 31.3 Å². The van der Waals surface area contributed by atoms with Gasteiger partial charge in [0.25, 0.3) is 5.91 Å². The minimum atomic E-state index is -0.123. The fourth-order valence-electron chi connectivity index (χ4n) is 3.19. The van der Waals surface area contributed by atoms with Crippen LogP contribution in [0.2, 0.25) is 0 Å². The Bertz CT molecular complexity index is 1030. The van der Waals surface area contributed by atoms with Gasteiger partial charge in [0.15, 0.2) is 0 Å². The molecule has 1 aliphatic rings. The SMILES string of the molecule is COc1ccc(OC)c(-c2cc(C(=O)N3CC(Oc4cccc(C)n4)C3)[nH]n2)c1. The molecule has 150 valence electrons. The summed E-state index contributed by atoms with van der Waals surface area (Å²) in [5, 5.41) is 7.10. The quantitative estimate of drug-likeness (QED) is 0.691. The molecule has 1 N–H and O–H groups in total. The van der Waals surface area contributed by atoms with Crippen LogP contribution < -0.4 is 14.2 Å². The first-order valence-electron chi connectivity index (χ1n) is 9.25. The summed E-state index contributed by atoms with van der Waals surface area (Å²) in [5.41, 5.74) is 2.67. The van der Waals surface area contributed by atoms with Gasteiger partial charge >= 0.3 is 0 Å². The van der Waals surface area contributed by atoms with Crippen LogP contribution >= 0.6 is 0 Å². The number of nitrogens with zero attached hydrogens (tertiary/aromatic N) is 3. The average molecular weight is 394 g/mol. The van der Waals surface area contributed by atoms with E-state index in [-0.39, 0.29) is 12.0 Å². The first-order valence-corrected chi connectivity index (χ1v) is 9.25. The first kappa shape index (κ1) is 18.8. The molecule has 8 nitrogen and oxygen atoms in total. The van der Waals surface area contributed by atoms with Crippen molar-refractivity contribution in [3.63, 3.8) is 0 Å². The summed E-state index contributed by atoms with van der Waals surface area (Å²) >= 11 is 0. The van der Waals surface area contributed by atoms with Crippen molar-refractivity contribution in [2.24, 2.45) is 0 Å². The van der Waals surface area contributed by atoms with Gasteiger partial charge in [-0.2, -0.15) is 5.10 Å². The molecule has 3 heterocycles. The number of methoxy groups -OCH3 is 2. The largest absolute Gasteiger partial charge is 0.497 e. The smallest absolute Gasteiger partial charge is 0.272 e. The zero-order chi connectivity index (χ0) is 20.4. The van der Waals surface area contributed by atoms with E-state index in [0.717, 1.165) is 11.3 Å². The van der Waals surface area contributed by atoms with E-state index >= 15 is 0 Å². The Morgan fingerprint density at radius 1 is 1.14 bits per heavy atom. The highest BCUT2D eigenvalue weighted by molar-refractivity contribution is 5.94. The van der Waals surface area contributed by atoms with E-state index in [9.17, 15) is 4.79 Å². The lowest BCUT2D eigenvalue weighted by atomic mass is 10.1. The second-order valence-electron chi connectivity index (χ2n) is 6.80. The maximum atomic E-state index is 12.7. The van der Waals surface area contributed by atoms with E-state index in [0.29, 0.717) is 41.9 Å². The van der Waals surface area contributed by atoms with Crippen LogP contribution in [0.5, 0.6) is 17.4 Å². The van der Waals surface area contributed by atoms with Gasteiger partial charge in [-0.3, -0.25) is 9.89 Å². The van der Waals surface area contributed by atoms with E-state index in [2.05, 4.69) is 15.2 Å². The summed E-state index contributed by atoms with van der Waals surface area (Å²) in [5.74, 6) is 1.79. The summed E-state index contributed by atoms with van der Waals surface area (Å²) in [6, 6.07) is 12.8. The van der Waals surface area contributed by atoms with Gasteiger partial charge in [0.05, 0.1) is 33.0 Å². The number of ether oxygens (including phenoxy) is 3. The van der Waals surface area contributed by atoms with Crippen LogP contribution in [0.25, 0.3) is 11.3 Å². The number of aryl methyl sites for hydroxylation is 1. The van der Waals surface area contributed by atoms with Gasteiger partial charge in [0.1, 0.15) is 23.3 Å². The van der Waals surface area contributed by atoms with Gasteiger partial charge in [-0.1, -0.05) is 6.07 Å². The van der Waals surface area contributed by atoms with Crippen LogP contribution in [0.3, 0.4) is 0 Å². The van der Waals surface area contributed by atoms with E-state index in [4.69, 9.17) is 14.2 Å². The number of amides is 1. The molecule has 4 rings (SSSR count). The predicted octanol–water partition coefficient (Wildman–Crippen LogP) is 2.70.